The van der Waals surface area contributed by atoms with Crippen LogP contribution in [0, 0.1) is 5.82 Å². The standard InChI is InChI=1S/C30H24F8N2O4S/c1-17(41)39(2)22-8-3-18(4-9-22)26(42)40-14-13-27(45(43,44)23-10-6-21(31)7-11-23)24-12-5-20(15-19(24)16-25(27)40)28(32,29(33,34)35)30(36,37)38/h3-12,15,25H,13-14,16H2,1-2H3. The van der Waals surface area contributed by atoms with Gasteiger partial charge in [-0.25, -0.2) is 17.2 Å². The molecule has 6 nitrogen and oxygen atoms in total. The van der Waals surface area contributed by atoms with Crippen LogP contribution in [0.1, 0.15) is 40.4 Å². The molecule has 1 aliphatic carbocycles. The van der Waals surface area contributed by atoms with Gasteiger partial charge in [-0.1, -0.05) is 18.2 Å². The summed E-state index contributed by atoms with van der Waals surface area (Å²) >= 11 is 0. The molecule has 1 fully saturated rings. The Morgan fingerprint density at radius 3 is 2.00 bits per heavy atom. The van der Waals surface area contributed by atoms with E-state index in [1.54, 1.807) is 0 Å². The molecule has 3 aromatic rings. The number of nitrogens with zero attached hydrogens (tertiary/aromatic N) is 2. The van der Waals surface area contributed by atoms with Crippen molar-refractivity contribution in [3.63, 3.8) is 0 Å². The zero-order valence-electron chi connectivity index (χ0n) is 23.5. The molecule has 1 aliphatic heterocycles. The van der Waals surface area contributed by atoms with Crippen molar-refractivity contribution in [3.8, 4) is 0 Å². The highest BCUT2D eigenvalue weighted by molar-refractivity contribution is 7.92. The van der Waals surface area contributed by atoms with Crippen LogP contribution in [0.15, 0.2) is 71.6 Å². The van der Waals surface area contributed by atoms with Gasteiger partial charge in [0.05, 0.1) is 10.9 Å². The molecule has 1 saturated heterocycles. The Kier molecular flexibility index (Phi) is 7.58. The summed E-state index contributed by atoms with van der Waals surface area (Å²) in [5, 5.41) is 0. The summed E-state index contributed by atoms with van der Waals surface area (Å²) in [5.74, 6) is -1.74. The van der Waals surface area contributed by atoms with Gasteiger partial charge in [0.1, 0.15) is 10.6 Å². The maximum absolute atomic E-state index is 15.0. The Morgan fingerprint density at radius 2 is 1.47 bits per heavy atom. The van der Waals surface area contributed by atoms with Crippen LogP contribution in [0.2, 0.25) is 0 Å². The van der Waals surface area contributed by atoms with Crippen LogP contribution < -0.4 is 4.90 Å². The largest absolute Gasteiger partial charge is 0.435 e. The van der Waals surface area contributed by atoms with Gasteiger partial charge in [0.2, 0.25) is 5.91 Å². The molecular weight excluding hydrogens is 636 g/mol. The number of carbonyl (C=O) groups is 2. The molecule has 15 heteroatoms. The topological polar surface area (TPSA) is 74.8 Å². The molecule has 0 N–H and O–H groups in total. The van der Waals surface area contributed by atoms with Gasteiger partial charge in [-0.15, -0.1) is 0 Å². The highest BCUT2D eigenvalue weighted by atomic mass is 32.2. The Morgan fingerprint density at radius 1 is 0.889 bits per heavy atom. The number of hydrogen-bond acceptors (Lipinski definition) is 4. The molecule has 2 atom stereocenters. The van der Waals surface area contributed by atoms with Crippen LogP contribution in [-0.4, -0.2) is 57.1 Å². The zero-order chi connectivity index (χ0) is 33.3. The van der Waals surface area contributed by atoms with Crippen LogP contribution in [-0.2, 0) is 31.5 Å². The Bertz CT molecular complexity index is 1760. The third-order valence-electron chi connectivity index (χ3n) is 8.63. The molecule has 3 aromatic carbocycles. The second kappa shape index (κ2) is 10.5. The van der Waals surface area contributed by atoms with E-state index in [1.807, 2.05) is 0 Å². The van der Waals surface area contributed by atoms with E-state index in [1.165, 1.54) is 48.0 Å². The Labute approximate surface area is 252 Å². The summed E-state index contributed by atoms with van der Waals surface area (Å²) in [4.78, 5) is 27.5. The number of amides is 2. The van der Waals surface area contributed by atoms with E-state index in [9.17, 15) is 48.7 Å². The SMILES string of the molecule is CC(=O)N(C)c1ccc(C(=O)N2CCC3(S(=O)(=O)c4ccc(F)cc4)c4ccc(C(F)(C(F)(F)F)C(F)(F)F)cc4CC23)cc1. The maximum Gasteiger partial charge on any atom is 0.435 e. The summed E-state index contributed by atoms with van der Waals surface area (Å²) in [6.45, 7) is 1.16. The zero-order valence-corrected chi connectivity index (χ0v) is 24.3. The molecule has 0 saturated carbocycles. The molecule has 2 unspecified atom stereocenters. The fourth-order valence-corrected chi connectivity index (χ4v) is 8.57. The van der Waals surface area contributed by atoms with E-state index in [4.69, 9.17) is 0 Å². The lowest BCUT2D eigenvalue weighted by Crippen LogP contribution is -2.50. The van der Waals surface area contributed by atoms with E-state index in [0.29, 0.717) is 11.8 Å². The van der Waals surface area contributed by atoms with E-state index < -0.39 is 62.4 Å². The number of sulfone groups is 1. The van der Waals surface area contributed by atoms with E-state index in [2.05, 4.69) is 0 Å². The van der Waals surface area contributed by atoms with Crippen LogP contribution in [0.4, 0.5) is 40.8 Å². The number of fused-ring (bicyclic) bond motifs is 3. The lowest BCUT2D eigenvalue weighted by Gasteiger charge is -2.33. The van der Waals surface area contributed by atoms with E-state index in [0.717, 1.165) is 30.3 Å². The Hall–Kier alpha value is -4.01. The highest BCUT2D eigenvalue weighted by Gasteiger charge is 2.74. The quantitative estimate of drug-likeness (QED) is 0.240. The van der Waals surface area contributed by atoms with Crippen LogP contribution >= 0.6 is 0 Å². The molecule has 0 spiro atoms. The van der Waals surface area contributed by atoms with Crippen molar-refractivity contribution in [2.45, 2.75) is 53.5 Å². The molecule has 5 rings (SSSR count). The van der Waals surface area contributed by atoms with Gasteiger partial charge < -0.3 is 9.80 Å². The van der Waals surface area contributed by atoms with E-state index in [-0.39, 0.29) is 46.5 Å². The van der Waals surface area contributed by atoms with Gasteiger partial charge in [-0.2, -0.15) is 26.3 Å². The minimum Gasteiger partial charge on any atom is -0.333 e. The summed E-state index contributed by atoms with van der Waals surface area (Å²) in [5.41, 5.74) is -7.51. The third-order valence-corrected chi connectivity index (χ3v) is 11.2. The number of halogens is 8. The molecule has 0 radical (unpaired) electrons. The second-order valence-corrected chi connectivity index (χ2v) is 13.2. The first kappa shape index (κ1) is 32.4. The van der Waals surface area contributed by atoms with Gasteiger partial charge in [-0.05, 0) is 72.5 Å². The number of likely N-dealkylation sites (tertiary alicyclic amines) is 1. The first-order valence-electron chi connectivity index (χ1n) is 13.4. The first-order chi connectivity index (χ1) is 20.8. The number of alkyl halides is 7. The van der Waals surface area contributed by atoms with Gasteiger partial charge in [0.15, 0.2) is 9.84 Å². The average Bonchev–Trinajstić information content (AvgIpc) is 3.50. The van der Waals surface area contributed by atoms with Gasteiger partial charge in [-0.3, -0.25) is 9.59 Å². The van der Waals surface area contributed by atoms with Crippen LogP contribution in [0.5, 0.6) is 0 Å². The number of benzene rings is 3. The monoisotopic (exact) mass is 660 g/mol. The fourth-order valence-electron chi connectivity index (χ4n) is 6.24. The molecule has 2 aliphatic rings. The molecule has 0 bridgehead atoms. The molecular formula is C30H24F8N2O4S. The molecule has 45 heavy (non-hydrogen) atoms. The number of anilines is 1. The van der Waals surface area contributed by atoms with Crippen molar-refractivity contribution in [1.82, 2.24) is 4.90 Å². The first-order valence-corrected chi connectivity index (χ1v) is 14.9. The summed E-state index contributed by atoms with van der Waals surface area (Å²) in [6.07, 6.45) is -13.6. The minimum absolute atomic E-state index is 0.0687. The van der Waals surface area contributed by atoms with E-state index >= 15 is 4.39 Å². The maximum atomic E-state index is 15.0. The van der Waals surface area contributed by atoms with Crippen LogP contribution in [0.3, 0.4) is 0 Å². The van der Waals surface area contributed by atoms with Crippen molar-refractivity contribution in [2.24, 2.45) is 0 Å². The van der Waals surface area contributed by atoms with Crippen molar-refractivity contribution in [1.29, 1.82) is 0 Å². The second-order valence-electron chi connectivity index (χ2n) is 11.0. The van der Waals surface area contributed by atoms with Crippen molar-refractivity contribution >= 4 is 27.3 Å². The molecule has 0 aromatic heterocycles. The smallest absolute Gasteiger partial charge is 0.333 e. The van der Waals surface area contributed by atoms with Crippen molar-refractivity contribution < 1.29 is 53.1 Å². The van der Waals surface area contributed by atoms with Crippen LogP contribution in [0.25, 0.3) is 0 Å². The Balaban J connectivity index is 1.64. The van der Waals surface area contributed by atoms with Gasteiger partial charge >= 0.3 is 18.0 Å². The summed E-state index contributed by atoms with van der Waals surface area (Å²) in [7, 11) is -3.09. The fraction of sp³-hybridized carbons (Fsp3) is 0.333. The predicted molar refractivity (Wildman–Crippen MR) is 145 cm³/mol. The normalized spacial score (nSPS) is 20.1. The molecule has 240 valence electrons. The molecule has 1 heterocycles. The number of carbonyl (C=O) groups excluding carboxylic acids is 2. The van der Waals surface area contributed by atoms with Crippen molar-refractivity contribution in [3.05, 3.63) is 94.8 Å². The minimum atomic E-state index is -6.39. The lowest BCUT2D eigenvalue weighted by molar-refractivity contribution is -0.348. The third kappa shape index (κ3) is 4.77. The predicted octanol–water partition coefficient (Wildman–Crippen LogP) is 6.24. The lowest BCUT2D eigenvalue weighted by atomic mass is 9.90. The summed E-state index contributed by atoms with van der Waals surface area (Å²) < 4.78 is 137. The number of rotatable bonds is 5. The average molecular weight is 661 g/mol. The van der Waals surface area contributed by atoms with Gasteiger partial charge in [0.25, 0.3) is 5.91 Å². The number of hydrogen-bond donors (Lipinski definition) is 0. The molecule has 2 amide bonds. The van der Waals surface area contributed by atoms with Gasteiger partial charge in [0, 0.05) is 37.3 Å². The van der Waals surface area contributed by atoms with Crippen molar-refractivity contribution in [2.75, 3.05) is 18.5 Å². The highest BCUT2D eigenvalue weighted by Crippen LogP contribution is 2.57. The summed E-state index contributed by atoms with van der Waals surface area (Å²) in [6, 6.07) is 9.42.